The van der Waals surface area contributed by atoms with Crippen LogP contribution >= 0.6 is 11.6 Å². The van der Waals surface area contributed by atoms with Gasteiger partial charge in [-0.05, 0) is 48.4 Å². The highest BCUT2D eigenvalue weighted by atomic mass is 35.5. The van der Waals surface area contributed by atoms with Crippen LogP contribution in [0.1, 0.15) is 22.9 Å². The molecule has 4 rings (SSSR count). The van der Waals surface area contributed by atoms with Crippen molar-refractivity contribution in [3.63, 3.8) is 0 Å². The molecule has 1 aliphatic rings. The number of ether oxygens (including phenoxy) is 1. The van der Waals surface area contributed by atoms with Gasteiger partial charge in [0.25, 0.3) is 0 Å². The maximum atomic E-state index is 13.8. The van der Waals surface area contributed by atoms with Gasteiger partial charge >= 0.3 is 0 Å². The molecule has 3 nitrogen and oxygen atoms in total. The van der Waals surface area contributed by atoms with Crippen molar-refractivity contribution in [3.8, 4) is 5.75 Å². The zero-order valence-electron chi connectivity index (χ0n) is 12.6. The number of benzene rings is 2. The van der Waals surface area contributed by atoms with Crippen LogP contribution < -0.4 is 10.1 Å². The smallest absolute Gasteiger partial charge is 0.124 e. The normalized spacial score (nSPS) is 17.3. The lowest BCUT2D eigenvalue weighted by Gasteiger charge is -2.26. The van der Waals surface area contributed by atoms with E-state index < -0.39 is 0 Å². The standard InChI is InChI=1S/C18H16ClFN2O/c1-23-16-5-3-11(20)9-14(16)17-18-12(6-7-21-17)13-8-10(19)2-4-15(13)22-18/h2-5,8-9,17,21-22H,6-7H2,1H3. The third-order valence-electron chi connectivity index (χ3n) is 4.42. The molecule has 2 heterocycles. The van der Waals surface area contributed by atoms with Gasteiger partial charge in [-0.25, -0.2) is 4.39 Å². The van der Waals surface area contributed by atoms with Gasteiger partial charge in [0.1, 0.15) is 11.6 Å². The fourth-order valence-corrected chi connectivity index (χ4v) is 3.57. The zero-order chi connectivity index (χ0) is 16.0. The van der Waals surface area contributed by atoms with Crippen LogP contribution in [-0.2, 0) is 6.42 Å². The summed E-state index contributed by atoms with van der Waals surface area (Å²) in [6, 6.07) is 10.3. The molecule has 0 radical (unpaired) electrons. The molecule has 3 aromatic rings. The van der Waals surface area contributed by atoms with Crippen molar-refractivity contribution in [1.29, 1.82) is 0 Å². The number of hydrogen-bond acceptors (Lipinski definition) is 2. The first-order chi connectivity index (χ1) is 11.2. The minimum atomic E-state index is -0.270. The molecule has 1 aliphatic heterocycles. The topological polar surface area (TPSA) is 37.0 Å². The fourth-order valence-electron chi connectivity index (χ4n) is 3.40. The number of aromatic amines is 1. The molecule has 1 atom stereocenters. The molecular formula is C18H16ClFN2O. The first-order valence-corrected chi connectivity index (χ1v) is 7.92. The molecule has 118 valence electrons. The average molecular weight is 331 g/mol. The van der Waals surface area contributed by atoms with Crippen LogP contribution in [0.4, 0.5) is 4.39 Å². The second kappa shape index (κ2) is 5.55. The summed E-state index contributed by atoms with van der Waals surface area (Å²) in [4.78, 5) is 3.46. The van der Waals surface area contributed by atoms with Crippen LogP contribution in [0, 0.1) is 5.82 Å². The summed E-state index contributed by atoms with van der Waals surface area (Å²) in [7, 11) is 1.60. The van der Waals surface area contributed by atoms with E-state index in [4.69, 9.17) is 16.3 Å². The maximum Gasteiger partial charge on any atom is 0.124 e. The highest BCUT2D eigenvalue weighted by molar-refractivity contribution is 6.31. The number of hydrogen-bond donors (Lipinski definition) is 2. The number of fused-ring (bicyclic) bond motifs is 3. The average Bonchev–Trinajstić information content (AvgIpc) is 2.92. The molecule has 0 saturated carbocycles. The monoisotopic (exact) mass is 330 g/mol. The van der Waals surface area contributed by atoms with Crippen LogP contribution in [0.15, 0.2) is 36.4 Å². The van der Waals surface area contributed by atoms with E-state index in [-0.39, 0.29) is 11.9 Å². The van der Waals surface area contributed by atoms with Gasteiger partial charge < -0.3 is 15.0 Å². The Balaban J connectivity index is 1.91. The molecule has 2 N–H and O–H groups in total. The fraction of sp³-hybridized carbons (Fsp3) is 0.222. The van der Waals surface area contributed by atoms with Gasteiger partial charge in [0.05, 0.1) is 13.2 Å². The van der Waals surface area contributed by atoms with Crippen molar-refractivity contribution < 1.29 is 9.13 Å². The van der Waals surface area contributed by atoms with E-state index in [1.807, 2.05) is 18.2 Å². The largest absolute Gasteiger partial charge is 0.496 e. The Morgan fingerprint density at radius 2 is 2.09 bits per heavy atom. The van der Waals surface area contributed by atoms with E-state index in [1.165, 1.54) is 17.7 Å². The second-order valence-electron chi connectivity index (χ2n) is 5.73. The molecule has 5 heteroatoms. The lowest BCUT2D eigenvalue weighted by molar-refractivity contribution is 0.400. The van der Waals surface area contributed by atoms with Gasteiger partial charge in [0.15, 0.2) is 0 Å². The quantitative estimate of drug-likeness (QED) is 0.738. The van der Waals surface area contributed by atoms with Gasteiger partial charge in [-0.3, -0.25) is 0 Å². The van der Waals surface area contributed by atoms with Crippen molar-refractivity contribution in [2.75, 3.05) is 13.7 Å². The van der Waals surface area contributed by atoms with Crippen LogP contribution in [0.5, 0.6) is 5.75 Å². The lowest BCUT2D eigenvalue weighted by atomic mass is 9.93. The summed E-state index contributed by atoms with van der Waals surface area (Å²) >= 11 is 6.14. The highest BCUT2D eigenvalue weighted by Crippen LogP contribution is 2.37. The molecule has 0 fully saturated rings. The summed E-state index contributed by atoms with van der Waals surface area (Å²) in [6.07, 6.45) is 0.907. The third kappa shape index (κ3) is 2.38. The summed E-state index contributed by atoms with van der Waals surface area (Å²) in [5.74, 6) is 0.405. The molecule has 0 amide bonds. The van der Waals surface area contributed by atoms with E-state index in [0.717, 1.165) is 40.1 Å². The van der Waals surface area contributed by atoms with Crippen molar-refractivity contribution in [3.05, 3.63) is 64.1 Å². The van der Waals surface area contributed by atoms with Crippen LogP contribution in [0.2, 0.25) is 5.02 Å². The maximum absolute atomic E-state index is 13.8. The molecule has 2 aromatic carbocycles. The summed E-state index contributed by atoms with van der Waals surface area (Å²) in [6.45, 7) is 0.816. The SMILES string of the molecule is COc1ccc(F)cc1C1NCCc2c1[nH]c1ccc(Cl)cc21. The number of rotatable bonds is 2. The van der Waals surface area contributed by atoms with E-state index in [2.05, 4.69) is 10.3 Å². The Morgan fingerprint density at radius 3 is 2.91 bits per heavy atom. The van der Waals surface area contributed by atoms with Gasteiger partial charge in [0, 0.05) is 33.7 Å². The van der Waals surface area contributed by atoms with Crippen molar-refractivity contribution in [1.82, 2.24) is 10.3 Å². The highest BCUT2D eigenvalue weighted by Gasteiger charge is 2.27. The predicted molar refractivity (Wildman–Crippen MR) is 89.8 cm³/mol. The molecule has 0 aliphatic carbocycles. The van der Waals surface area contributed by atoms with E-state index in [1.54, 1.807) is 13.2 Å². The van der Waals surface area contributed by atoms with Crippen LogP contribution in [-0.4, -0.2) is 18.6 Å². The second-order valence-corrected chi connectivity index (χ2v) is 6.17. The van der Waals surface area contributed by atoms with Gasteiger partial charge in [-0.2, -0.15) is 0 Å². The number of methoxy groups -OCH3 is 1. The van der Waals surface area contributed by atoms with Crippen molar-refractivity contribution >= 4 is 22.5 Å². The first kappa shape index (κ1) is 14.5. The number of H-pyrrole nitrogens is 1. The van der Waals surface area contributed by atoms with Gasteiger partial charge in [-0.15, -0.1) is 0 Å². The molecule has 0 saturated heterocycles. The van der Waals surface area contributed by atoms with Gasteiger partial charge in [0.2, 0.25) is 0 Å². The van der Waals surface area contributed by atoms with Crippen LogP contribution in [0.25, 0.3) is 10.9 Å². The molecule has 0 bridgehead atoms. The number of halogens is 2. The summed E-state index contributed by atoms with van der Waals surface area (Å²) in [5, 5.41) is 5.31. The molecule has 1 aromatic heterocycles. The van der Waals surface area contributed by atoms with E-state index >= 15 is 0 Å². The zero-order valence-corrected chi connectivity index (χ0v) is 13.4. The first-order valence-electron chi connectivity index (χ1n) is 7.54. The van der Waals surface area contributed by atoms with Gasteiger partial charge in [-0.1, -0.05) is 11.6 Å². The molecular weight excluding hydrogens is 315 g/mol. The van der Waals surface area contributed by atoms with Crippen molar-refractivity contribution in [2.24, 2.45) is 0 Å². The lowest BCUT2D eigenvalue weighted by Crippen LogP contribution is -2.30. The van der Waals surface area contributed by atoms with E-state index in [0.29, 0.717) is 5.75 Å². The Kier molecular flexibility index (Phi) is 3.51. The molecule has 0 spiro atoms. The number of nitrogens with one attached hydrogen (secondary N) is 2. The Morgan fingerprint density at radius 1 is 1.22 bits per heavy atom. The Hall–Kier alpha value is -2.04. The Labute approximate surface area is 138 Å². The number of aromatic nitrogens is 1. The van der Waals surface area contributed by atoms with E-state index in [9.17, 15) is 4.39 Å². The molecule has 23 heavy (non-hydrogen) atoms. The minimum absolute atomic E-state index is 0.129. The summed E-state index contributed by atoms with van der Waals surface area (Å²) < 4.78 is 19.2. The Bertz CT molecular complexity index is 890. The predicted octanol–water partition coefficient (Wildman–Crippen LogP) is 4.20. The van der Waals surface area contributed by atoms with Crippen molar-refractivity contribution in [2.45, 2.75) is 12.5 Å². The molecule has 1 unspecified atom stereocenters. The third-order valence-corrected chi connectivity index (χ3v) is 4.65. The summed E-state index contributed by atoms with van der Waals surface area (Å²) in [5.41, 5.74) is 4.13. The minimum Gasteiger partial charge on any atom is -0.496 e. The van der Waals surface area contributed by atoms with Crippen LogP contribution in [0.3, 0.4) is 0 Å².